The molecule has 1 aliphatic carbocycles. The Bertz CT molecular complexity index is 771. The van der Waals surface area contributed by atoms with Crippen molar-refractivity contribution in [2.75, 3.05) is 6.61 Å². The second-order valence-corrected chi connectivity index (χ2v) is 8.93. The third kappa shape index (κ3) is 8.64. The van der Waals surface area contributed by atoms with Crippen LogP contribution < -0.4 is 0 Å². The minimum atomic E-state index is -1.59. The summed E-state index contributed by atoms with van der Waals surface area (Å²) < 4.78 is 5.52. The van der Waals surface area contributed by atoms with Crippen LogP contribution in [0.25, 0.3) is 0 Å². The van der Waals surface area contributed by atoms with Gasteiger partial charge in [-0.3, -0.25) is 4.79 Å². The van der Waals surface area contributed by atoms with E-state index in [0.29, 0.717) is 6.42 Å². The summed E-state index contributed by atoms with van der Waals surface area (Å²) in [5.41, 5.74) is 0.344. The molecule has 0 heterocycles. The predicted molar refractivity (Wildman–Crippen MR) is 120 cm³/mol. The van der Waals surface area contributed by atoms with E-state index in [2.05, 4.69) is 6.08 Å². The third-order valence-corrected chi connectivity index (χ3v) is 5.04. The van der Waals surface area contributed by atoms with Gasteiger partial charge in [0.15, 0.2) is 11.9 Å². The van der Waals surface area contributed by atoms with Crippen LogP contribution in [-0.2, 0) is 14.3 Å². The van der Waals surface area contributed by atoms with Crippen molar-refractivity contribution >= 4 is 11.8 Å². The Morgan fingerprint density at radius 3 is 2.43 bits per heavy atom. The van der Waals surface area contributed by atoms with Gasteiger partial charge in [0.2, 0.25) is 0 Å². The van der Waals surface area contributed by atoms with Crippen molar-refractivity contribution in [3.05, 3.63) is 59.3 Å². The Balaban J connectivity index is 3.38. The van der Waals surface area contributed by atoms with Crippen molar-refractivity contribution in [3.63, 3.8) is 0 Å². The molecular weight excluding hydrogens is 380 g/mol. The van der Waals surface area contributed by atoms with Gasteiger partial charge in [0.05, 0.1) is 6.61 Å². The summed E-state index contributed by atoms with van der Waals surface area (Å²) in [6.07, 6.45) is 12.7. The molecule has 0 spiro atoms. The molecule has 0 aliphatic heterocycles. The zero-order valence-corrected chi connectivity index (χ0v) is 19.1. The second kappa shape index (κ2) is 11.2. The average molecular weight is 417 g/mol. The highest BCUT2D eigenvalue weighted by Crippen LogP contribution is 2.33. The highest BCUT2D eigenvalue weighted by Gasteiger charge is 2.32. The topological polar surface area (TPSA) is 83.8 Å². The molecule has 166 valence electrons. The summed E-state index contributed by atoms with van der Waals surface area (Å²) in [5.74, 6) is -0.930. The monoisotopic (exact) mass is 416 g/mol. The summed E-state index contributed by atoms with van der Waals surface area (Å²) in [5, 5.41) is 20.6. The molecular formula is C25H36O5. The van der Waals surface area contributed by atoms with Gasteiger partial charge in [-0.2, -0.15) is 0 Å². The van der Waals surface area contributed by atoms with E-state index in [1.54, 1.807) is 26.0 Å². The second-order valence-electron chi connectivity index (χ2n) is 8.93. The number of carbonyl (C=O) groups is 2. The van der Waals surface area contributed by atoms with Crippen LogP contribution in [0.2, 0.25) is 0 Å². The number of allylic oxidation sites excluding steroid dienone is 6. The van der Waals surface area contributed by atoms with Gasteiger partial charge in [-0.15, -0.1) is 0 Å². The molecule has 0 aromatic heterocycles. The standard InChI is InChI=1S/C25H36O5/c1-18(2)8-7-12-24(5)13-9-20(17-26)21(27)10-15-25(6,29)22(11-14-24)30-23(28)16-19(3)4/h8-11,14-16,22,26,29H,7,12-13,17H2,1-6H3/b14-11+,15-10+,20-9+. The van der Waals surface area contributed by atoms with E-state index in [9.17, 15) is 19.8 Å². The zero-order valence-electron chi connectivity index (χ0n) is 19.1. The molecule has 0 amide bonds. The van der Waals surface area contributed by atoms with Crippen LogP contribution in [0.5, 0.6) is 0 Å². The minimum Gasteiger partial charge on any atom is -0.452 e. The van der Waals surface area contributed by atoms with Crippen LogP contribution in [0.15, 0.2) is 59.3 Å². The maximum Gasteiger partial charge on any atom is 0.331 e. The highest BCUT2D eigenvalue weighted by atomic mass is 16.6. The van der Waals surface area contributed by atoms with Crippen molar-refractivity contribution in [1.29, 1.82) is 0 Å². The molecule has 0 fully saturated rings. The molecule has 1 rings (SSSR count). The fourth-order valence-corrected chi connectivity index (χ4v) is 3.06. The molecule has 0 saturated carbocycles. The first kappa shape index (κ1) is 25.8. The molecule has 0 aromatic carbocycles. The predicted octanol–water partition coefficient (Wildman–Crippen LogP) is 4.37. The maximum absolute atomic E-state index is 12.5. The first-order chi connectivity index (χ1) is 13.9. The molecule has 5 heteroatoms. The zero-order chi connectivity index (χ0) is 22.9. The van der Waals surface area contributed by atoms with Gasteiger partial charge >= 0.3 is 5.97 Å². The first-order valence-electron chi connectivity index (χ1n) is 10.3. The van der Waals surface area contributed by atoms with E-state index in [4.69, 9.17) is 4.74 Å². The lowest BCUT2D eigenvalue weighted by Gasteiger charge is -2.29. The van der Waals surface area contributed by atoms with Crippen LogP contribution in [0, 0.1) is 5.41 Å². The van der Waals surface area contributed by atoms with Gasteiger partial charge in [0.25, 0.3) is 0 Å². The van der Waals surface area contributed by atoms with Crippen molar-refractivity contribution in [3.8, 4) is 0 Å². The third-order valence-electron chi connectivity index (χ3n) is 5.04. The summed E-state index contributed by atoms with van der Waals surface area (Å²) in [6, 6.07) is 0. The van der Waals surface area contributed by atoms with Gasteiger partial charge < -0.3 is 14.9 Å². The van der Waals surface area contributed by atoms with Gasteiger partial charge in [-0.05, 0) is 77.5 Å². The largest absolute Gasteiger partial charge is 0.452 e. The van der Waals surface area contributed by atoms with Gasteiger partial charge in [0.1, 0.15) is 5.60 Å². The average Bonchev–Trinajstić information content (AvgIpc) is 2.63. The SMILES string of the molecule is CC(C)=CCCC1(C)/C=C/C(OC(=O)C=C(C)C)C(C)(O)/C=C/C(=O)/C(CO)=C/C1. The van der Waals surface area contributed by atoms with Crippen LogP contribution in [-0.4, -0.2) is 40.3 Å². The number of hydrogen-bond acceptors (Lipinski definition) is 5. The minimum absolute atomic E-state index is 0.281. The summed E-state index contributed by atoms with van der Waals surface area (Å²) in [7, 11) is 0. The Kier molecular flexibility index (Phi) is 9.66. The van der Waals surface area contributed by atoms with E-state index in [1.807, 2.05) is 26.8 Å². The van der Waals surface area contributed by atoms with Crippen LogP contribution >= 0.6 is 0 Å². The van der Waals surface area contributed by atoms with Crippen LogP contribution in [0.1, 0.15) is 60.8 Å². The van der Waals surface area contributed by atoms with E-state index in [0.717, 1.165) is 18.4 Å². The number of rotatable bonds is 6. The number of hydrogen-bond donors (Lipinski definition) is 2. The lowest BCUT2D eigenvalue weighted by atomic mass is 9.80. The number of esters is 1. The fraction of sp³-hybridized carbons (Fsp3) is 0.520. The molecule has 0 saturated heterocycles. The van der Waals surface area contributed by atoms with Crippen LogP contribution in [0.3, 0.4) is 0 Å². The Morgan fingerprint density at radius 2 is 1.87 bits per heavy atom. The lowest BCUT2D eigenvalue weighted by molar-refractivity contribution is -0.148. The molecule has 1 aliphatic rings. The van der Waals surface area contributed by atoms with E-state index in [-0.39, 0.29) is 23.4 Å². The number of aliphatic hydroxyl groups is 2. The quantitative estimate of drug-likeness (QED) is 0.382. The van der Waals surface area contributed by atoms with Crippen molar-refractivity contribution in [2.45, 2.75) is 72.5 Å². The molecule has 0 aromatic rings. The van der Waals surface area contributed by atoms with Crippen LogP contribution in [0.4, 0.5) is 0 Å². The molecule has 3 atom stereocenters. The highest BCUT2D eigenvalue weighted by molar-refractivity contribution is 6.04. The number of aliphatic hydroxyl groups excluding tert-OH is 1. The number of ether oxygens (including phenoxy) is 1. The fourth-order valence-electron chi connectivity index (χ4n) is 3.06. The molecule has 30 heavy (non-hydrogen) atoms. The summed E-state index contributed by atoms with van der Waals surface area (Å²) in [6.45, 7) is 10.8. The Hall–Kier alpha value is -2.24. The molecule has 0 bridgehead atoms. The van der Waals surface area contributed by atoms with Gasteiger partial charge in [-0.25, -0.2) is 4.79 Å². The Morgan fingerprint density at radius 1 is 1.20 bits per heavy atom. The summed E-state index contributed by atoms with van der Waals surface area (Å²) >= 11 is 0. The molecule has 5 nitrogen and oxygen atoms in total. The molecule has 0 radical (unpaired) electrons. The van der Waals surface area contributed by atoms with E-state index in [1.165, 1.54) is 30.7 Å². The lowest BCUT2D eigenvalue weighted by Crippen LogP contribution is -2.39. The molecule has 2 N–H and O–H groups in total. The van der Waals surface area contributed by atoms with Crippen molar-refractivity contribution in [1.82, 2.24) is 0 Å². The normalized spacial score (nSPS) is 30.9. The smallest absolute Gasteiger partial charge is 0.331 e. The Labute approximate surface area is 180 Å². The van der Waals surface area contributed by atoms with Gasteiger partial charge in [-0.1, -0.05) is 36.3 Å². The molecule has 3 unspecified atom stereocenters. The van der Waals surface area contributed by atoms with E-state index < -0.39 is 17.7 Å². The maximum atomic E-state index is 12.5. The first-order valence-corrected chi connectivity index (χ1v) is 10.3. The van der Waals surface area contributed by atoms with Crippen molar-refractivity contribution < 1.29 is 24.5 Å². The van der Waals surface area contributed by atoms with Crippen molar-refractivity contribution in [2.24, 2.45) is 5.41 Å². The number of ketones is 1. The van der Waals surface area contributed by atoms with E-state index >= 15 is 0 Å². The summed E-state index contributed by atoms with van der Waals surface area (Å²) in [4.78, 5) is 24.7. The number of carbonyl (C=O) groups excluding carboxylic acids is 2. The van der Waals surface area contributed by atoms with Gasteiger partial charge in [0, 0.05) is 11.6 Å².